The molecule has 2 aliphatic rings. The van der Waals surface area contributed by atoms with Crippen LogP contribution >= 0.6 is 11.6 Å². The molecule has 1 heterocycles. The Morgan fingerprint density at radius 2 is 1.85 bits per heavy atom. The van der Waals surface area contributed by atoms with Crippen LogP contribution in [0.4, 0.5) is 0 Å². The van der Waals surface area contributed by atoms with Gasteiger partial charge in [-0.25, -0.2) is 0 Å². The zero-order valence-corrected chi connectivity index (χ0v) is 23.6. The van der Waals surface area contributed by atoms with Crippen LogP contribution in [0, 0.1) is 23.7 Å². The summed E-state index contributed by atoms with van der Waals surface area (Å²) in [5.41, 5.74) is 4.38. The van der Waals surface area contributed by atoms with Gasteiger partial charge in [0, 0.05) is 12.5 Å². The van der Waals surface area contributed by atoms with Crippen molar-refractivity contribution in [2.45, 2.75) is 52.6 Å². The third kappa shape index (κ3) is 5.98. The first kappa shape index (κ1) is 29.1. The molecular formula is C32H38ClNO5. The number of phenols is 1. The molecule has 39 heavy (non-hydrogen) atoms. The van der Waals surface area contributed by atoms with Crippen LogP contribution in [0.25, 0.3) is 11.6 Å². The molecule has 4 atom stereocenters. The van der Waals surface area contributed by atoms with Gasteiger partial charge in [-0.2, -0.15) is 0 Å². The molecule has 7 heteroatoms. The molecule has 0 saturated carbocycles. The van der Waals surface area contributed by atoms with Crippen molar-refractivity contribution in [2.75, 3.05) is 13.2 Å². The fourth-order valence-corrected chi connectivity index (χ4v) is 6.40. The minimum atomic E-state index is -0.883. The van der Waals surface area contributed by atoms with E-state index < -0.39 is 23.9 Å². The van der Waals surface area contributed by atoms with Crippen LogP contribution in [0.5, 0.6) is 5.75 Å². The van der Waals surface area contributed by atoms with Crippen LogP contribution in [0.1, 0.15) is 57.6 Å². The van der Waals surface area contributed by atoms with Gasteiger partial charge in [0.15, 0.2) is 0 Å². The van der Waals surface area contributed by atoms with E-state index in [0.29, 0.717) is 42.8 Å². The molecule has 0 spiro atoms. The number of aliphatic hydroxyl groups excluding tert-OH is 2. The normalized spacial score (nSPS) is 22.6. The van der Waals surface area contributed by atoms with E-state index in [-0.39, 0.29) is 30.1 Å². The Morgan fingerprint density at radius 1 is 1.13 bits per heavy atom. The van der Waals surface area contributed by atoms with Gasteiger partial charge in [0.25, 0.3) is 0 Å². The molecule has 1 fully saturated rings. The largest absolute Gasteiger partial charge is 0.508 e. The Bertz CT molecular complexity index is 1270. The number of aromatic hydroxyl groups is 1. The number of phenolic OH excluding ortho intramolecular Hbond substituents is 1. The summed E-state index contributed by atoms with van der Waals surface area (Å²) in [6, 6.07) is 14.7. The molecule has 0 radical (unpaired) electrons. The molecule has 1 aliphatic heterocycles. The smallest absolute Gasteiger partial charge is 0.233 e. The summed E-state index contributed by atoms with van der Waals surface area (Å²) in [4.78, 5) is 27.8. The van der Waals surface area contributed by atoms with Crippen molar-refractivity contribution in [3.05, 3.63) is 75.8 Å². The first-order valence-electron chi connectivity index (χ1n) is 13.8. The molecule has 2 aromatic carbocycles. The van der Waals surface area contributed by atoms with Gasteiger partial charge in [0.2, 0.25) is 11.8 Å². The van der Waals surface area contributed by atoms with Crippen molar-refractivity contribution in [3.8, 4) is 5.75 Å². The lowest BCUT2D eigenvalue weighted by molar-refractivity contribution is -0.140. The van der Waals surface area contributed by atoms with E-state index in [4.69, 9.17) is 11.6 Å². The number of nitrogens with zero attached hydrogens (tertiary/aromatic N) is 1. The van der Waals surface area contributed by atoms with Gasteiger partial charge < -0.3 is 15.3 Å². The zero-order valence-electron chi connectivity index (χ0n) is 22.8. The lowest BCUT2D eigenvalue weighted by Gasteiger charge is -2.38. The Kier molecular flexibility index (Phi) is 9.31. The summed E-state index contributed by atoms with van der Waals surface area (Å²) in [6.45, 7) is 6.08. The second kappa shape index (κ2) is 12.5. The zero-order chi connectivity index (χ0) is 28.3. The Hall–Kier alpha value is -2.93. The number of carbonyl (C=O) groups excluding carboxylic acids is 2. The van der Waals surface area contributed by atoms with Crippen LogP contribution in [0.15, 0.2) is 59.7 Å². The van der Waals surface area contributed by atoms with E-state index >= 15 is 0 Å². The highest BCUT2D eigenvalue weighted by Crippen LogP contribution is 2.48. The number of allylic oxidation sites excluding steroid dienone is 2. The molecule has 6 nitrogen and oxygen atoms in total. The summed E-state index contributed by atoms with van der Waals surface area (Å²) in [5, 5.41) is 32.3. The maximum Gasteiger partial charge on any atom is 0.233 e. The lowest BCUT2D eigenvalue weighted by Crippen LogP contribution is -2.39. The molecular weight excluding hydrogens is 514 g/mol. The number of hydrogen-bond donors (Lipinski definition) is 3. The number of fused-ring (bicyclic) bond motifs is 1. The number of halogens is 1. The molecule has 2 aromatic rings. The van der Waals surface area contributed by atoms with Crippen LogP contribution in [0.3, 0.4) is 0 Å². The van der Waals surface area contributed by atoms with Gasteiger partial charge in [-0.1, -0.05) is 68.3 Å². The highest BCUT2D eigenvalue weighted by molar-refractivity contribution is 6.32. The number of aliphatic hydroxyl groups is 2. The molecule has 3 N–H and O–H groups in total. The van der Waals surface area contributed by atoms with E-state index in [1.165, 1.54) is 11.0 Å². The highest BCUT2D eigenvalue weighted by Gasteiger charge is 2.54. The summed E-state index contributed by atoms with van der Waals surface area (Å²) in [5.74, 6) is -1.95. The average molecular weight is 552 g/mol. The van der Waals surface area contributed by atoms with Crippen molar-refractivity contribution >= 4 is 35.1 Å². The molecule has 0 bridgehead atoms. The van der Waals surface area contributed by atoms with Crippen LogP contribution in [-0.2, 0) is 9.59 Å². The van der Waals surface area contributed by atoms with E-state index in [0.717, 1.165) is 22.3 Å². The number of imide groups is 1. The minimum Gasteiger partial charge on any atom is -0.508 e. The van der Waals surface area contributed by atoms with Crippen molar-refractivity contribution in [2.24, 2.45) is 23.7 Å². The minimum absolute atomic E-state index is 0.0627. The first-order chi connectivity index (χ1) is 18.7. The molecule has 1 aliphatic carbocycles. The summed E-state index contributed by atoms with van der Waals surface area (Å²) >= 11 is 6.40. The van der Waals surface area contributed by atoms with Gasteiger partial charge in [-0.15, -0.1) is 0 Å². The third-order valence-corrected chi connectivity index (χ3v) is 8.38. The number of hydrogen-bond acceptors (Lipinski definition) is 5. The Morgan fingerprint density at radius 3 is 2.46 bits per heavy atom. The number of likely N-dealkylation sites (tertiary alicyclic amines) is 1. The standard InChI is InChI=1S/C32H38ClNO5/c1-4-14-34-31(38)25-17-24(19(2)3)29(26(18-35)30(25)32(34)39)28(37)13-11-21(20-8-6-5-7-9-20)15-22-10-12-23(36)16-27(22)33/h5-10,12,15-16,19,25-26,28,30,35-37H,4,11,13-14,17-18H2,1-3H3/b21-15-/t25-,26+,28-,30-/m1/s1. The molecule has 0 unspecified atom stereocenters. The Labute approximate surface area is 235 Å². The summed E-state index contributed by atoms with van der Waals surface area (Å²) in [6.07, 6.45) is 3.07. The van der Waals surface area contributed by atoms with Gasteiger partial charge in [-0.05, 0) is 78.1 Å². The maximum absolute atomic E-state index is 13.3. The fraction of sp³-hybridized carbons (Fsp3) is 0.438. The van der Waals surface area contributed by atoms with E-state index in [1.807, 2.05) is 57.2 Å². The van der Waals surface area contributed by atoms with Gasteiger partial charge in [0.05, 0.1) is 29.6 Å². The van der Waals surface area contributed by atoms with Crippen molar-refractivity contribution in [3.63, 3.8) is 0 Å². The van der Waals surface area contributed by atoms with Crippen LogP contribution in [-0.4, -0.2) is 51.3 Å². The molecule has 208 valence electrons. The van der Waals surface area contributed by atoms with Crippen LogP contribution < -0.4 is 0 Å². The topological polar surface area (TPSA) is 98.1 Å². The number of amides is 2. The average Bonchev–Trinajstić information content (AvgIpc) is 3.16. The second-order valence-electron chi connectivity index (χ2n) is 10.9. The quantitative estimate of drug-likeness (QED) is 0.200. The molecule has 1 saturated heterocycles. The molecule has 0 aromatic heterocycles. The van der Waals surface area contributed by atoms with Crippen molar-refractivity contribution in [1.29, 1.82) is 0 Å². The van der Waals surface area contributed by atoms with E-state index in [2.05, 4.69) is 0 Å². The number of benzene rings is 2. The maximum atomic E-state index is 13.3. The van der Waals surface area contributed by atoms with Gasteiger partial charge >= 0.3 is 0 Å². The van der Waals surface area contributed by atoms with Crippen molar-refractivity contribution in [1.82, 2.24) is 4.90 Å². The van der Waals surface area contributed by atoms with Gasteiger partial charge in [-0.3, -0.25) is 14.5 Å². The van der Waals surface area contributed by atoms with Gasteiger partial charge in [0.1, 0.15) is 5.75 Å². The monoisotopic (exact) mass is 551 g/mol. The summed E-state index contributed by atoms with van der Waals surface area (Å²) in [7, 11) is 0. The predicted octanol–water partition coefficient (Wildman–Crippen LogP) is 5.70. The molecule has 2 amide bonds. The third-order valence-electron chi connectivity index (χ3n) is 8.06. The highest BCUT2D eigenvalue weighted by atomic mass is 35.5. The predicted molar refractivity (Wildman–Crippen MR) is 154 cm³/mol. The first-order valence-corrected chi connectivity index (χ1v) is 14.2. The van der Waals surface area contributed by atoms with E-state index in [1.54, 1.807) is 12.1 Å². The van der Waals surface area contributed by atoms with E-state index in [9.17, 15) is 24.9 Å². The fourth-order valence-electron chi connectivity index (χ4n) is 6.17. The second-order valence-corrected chi connectivity index (χ2v) is 11.3. The lowest BCUT2D eigenvalue weighted by atomic mass is 9.66. The number of rotatable bonds is 10. The Balaban J connectivity index is 1.66. The number of carbonyl (C=O) groups is 2. The SMILES string of the molecule is CCCN1C(=O)[C@@H]2[C@@H](CC(C(C)C)=C([C@H](O)CC/C(=C/c3ccc(O)cc3Cl)c3ccccc3)[C@@H]2CO)C1=O. The van der Waals surface area contributed by atoms with Crippen LogP contribution in [0.2, 0.25) is 5.02 Å². The summed E-state index contributed by atoms with van der Waals surface area (Å²) < 4.78 is 0. The molecule has 4 rings (SSSR count). The van der Waals surface area contributed by atoms with Crippen molar-refractivity contribution < 1.29 is 24.9 Å².